The molecule has 0 aromatic heterocycles. The van der Waals surface area contributed by atoms with Crippen LogP contribution in [0.3, 0.4) is 0 Å². The third kappa shape index (κ3) is 3.29. The van der Waals surface area contributed by atoms with E-state index < -0.39 is 0 Å². The third-order valence-corrected chi connectivity index (χ3v) is 4.88. The van der Waals surface area contributed by atoms with Gasteiger partial charge in [-0.05, 0) is 64.8 Å². The van der Waals surface area contributed by atoms with Gasteiger partial charge in [0.15, 0.2) is 11.5 Å². The van der Waals surface area contributed by atoms with Gasteiger partial charge in [0.2, 0.25) is 6.79 Å². The van der Waals surface area contributed by atoms with E-state index in [0.717, 1.165) is 40.9 Å². The van der Waals surface area contributed by atoms with Gasteiger partial charge in [0.25, 0.3) is 0 Å². The van der Waals surface area contributed by atoms with E-state index in [0.29, 0.717) is 6.79 Å². The Kier molecular flexibility index (Phi) is 4.51. The zero-order valence-corrected chi connectivity index (χ0v) is 13.5. The molecule has 1 heterocycles. The lowest BCUT2D eigenvalue weighted by atomic mass is 9.82. The highest BCUT2D eigenvalue weighted by Crippen LogP contribution is 2.40. The second-order valence-corrected chi connectivity index (χ2v) is 6.93. The number of halogens is 1. The summed E-state index contributed by atoms with van der Waals surface area (Å²) in [5.74, 6) is 3.42. The van der Waals surface area contributed by atoms with Crippen LogP contribution in [0, 0.1) is 11.8 Å². The Morgan fingerprint density at radius 1 is 1.30 bits per heavy atom. The van der Waals surface area contributed by atoms with Crippen molar-refractivity contribution in [2.24, 2.45) is 11.8 Å². The second-order valence-electron chi connectivity index (χ2n) is 6.08. The van der Waals surface area contributed by atoms with Crippen LogP contribution in [0.5, 0.6) is 11.5 Å². The quantitative estimate of drug-likeness (QED) is 0.895. The van der Waals surface area contributed by atoms with Crippen LogP contribution in [0.25, 0.3) is 0 Å². The summed E-state index contributed by atoms with van der Waals surface area (Å²) in [4.78, 5) is 0. The highest BCUT2D eigenvalue weighted by molar-refractivity contribution is 9.10. The van der Waals surface area contributed by atoms with E-state index in [9.17, 15) is 0 Å². The summed E-state index contributed by atoms with van der Waals surface area (Å²) in [6.45, 7) is 4.71. The maximum Gasteiger partial charge on any atom is 0.231 e. The molecule has 0 radical (unpaired) electrons. The molecule has 1 aromatic carbocycles. The summed E-state index contributed by atoms with van der Waals surface area (Å²) in [5.41, 5.74) is 1.24. The first kappa shape index (κ1) is 14.2. The Balaban J connectivity index is 1.52. The monoisotopic (exact) mass is 339 g/mol. The van der Waals surface area contributed by atoms with Gasteiger partial charge >= 0.3 is 0 Å². The Morgan fingerprint density at radius 3 is 3.05 bits per heavy atom. The zero-order chi connectivity index (χ0) is 13.9. The number of benzene rings is 1. The molecule has 2 aliphatic rings. The van der Waals surface area contributed by atoms with Crippen molar-refractivity contribution in [2.75, 3.05) is 13.3 Å². The Labute approximate surface area is 129 Å². The maximum atomic E-state index is 5.45. The molecular weight excluding hydrogens is 318 g/mol. The molecule has 3 nitrogen and oxygen atoms in total. The lowest BCUT2D eigenvalue weighted by molar-refractivity contribution is 0.173. The van der Waals surface area contributed by atoms with Crippen LogP contribution in [0.15, 0.2) is 16.6 Å². The van der Waals surface area contributed by atoms with E-state index in [1.807, 2.05) is 0 Å². The van der Waals surface area contributed by atoms with Crippen LogP contribution in [-0.2, 0) is 6.54 Å². The molecule has 2 atom stereocenters. The fourth-order valence-electron chi connectivity index (χ4n) is 3.29. The van der Waals surface area contributed by atoms with E-state index in [-0.39, 0.29) is 0 Å². The molecule has 2 unspecified atom stereocenters. The van der Waals surface area contributed by atoms with Gasteiger partial charge in [0.1, 0.15) is 0 Å². The molecule has 1 aliphatic heterocycles. The van der Waals surface area contributed by atoms with Crippen molar-refractivity contribution in [3.63, 3.8) is 0 Å². The van der Waals surface area contributed by atoms with Crippen molar-refractivity contribution in [3.05, 3.63) is 22.2 Å². The summed E-state index contributed by atoms with van der Waals surface area (Å²) in [6, 6.07) is 4.19. The molecule has 1 saturated carbocycles. The lowest BCUT2D eigenvalue weighted by Crippen LogP contribution is -2.26. The number of fused-ring (bicyclic) bond motifs is 1. The van der Waals surface area contributed by atoms with Crippen LogP contribution in [-0.4, -0.2) is 13.3 Å². The molecule has 0 spiro atoms. The van der Waals surface area contributed by atoms with Crippen LogP contribution in [0.2, 0.25) is 0 Å². The largest absolute Gasteiger partial charge is 0.454 e. The van der Waals surface area contributed by atoms with E-state index in [2.05, 4.69) is 40.3 Å². The zero-order valence-electron chi connectivity index (χ0n) is 12.0. The molecule has 0 saturated heterocycles. The molecule has 20 heavy (non-hydrogen) atoms. The summed E-state index contributed by atoms with van der Waals surface area (Å²) in [7, 11) is 0. The van der Waals surface area contributed by atoms with Gasteiger partial charge in [-0.2, -0.15) is 0 Å². The number of ether oxygens (including phenoxy) is 2. The average molecular weight is 340 g/mol. The fourth-order valence-corrected chi connectivity index (χ4v) is 3.89. The van der Waals surface area contributed by atoms with Crippen molar-refractivity contribution < 1.29 is 9.47 Å². The number of hydrogen-bond acceptors (Lipinski definition) is 3. The predicted molar refractivity (Wildman–Crippen MR) is 83.1 cm³/mol. The molecule has 1 aromatic rings. The van der Waals surface area contributed by atoms with Gasteiger partial charge in [0.05, 0.1) is 4.47 Å². The van der Waals surface area contributed by atoms with E-state index in [1.54, 1.807) is 0 Å². The predicted octanol–water partition coefficient (Wildman–Crippen LogP) is 4.09. The summed E-state index contributed by atoms with van der Waals surface area (Å²) < 4.78 is 11.8. The van der Waals surface area contributed by atoms with Crippen molar-refractivity contribution in [3.8, 4) is 11.5 Å². The van der Waals surface area contributed by atoms with Crippen LogP contribution in [0.1, 0.15) is 38.2 Å². The first-order valence-corrected chi connectivity index (χ1v) is 8.30. The molecular formula is C16H22BrNO2. The van der Waals surface area contributed by atoms with Gasteiger partial charge in [-0.3, -0.25) is 0 Å². The minimum Gasteiger partial charge on any atom is -0.454 e. The van der Waals surface area contributed by atoms with Gasteiger partial charge in [-0.1, -0.05) is 19.8 Å². The molecule has 3 rings (SSSR count). The standard InChI is InChI=1S/C16H22BrNO2/c1-11-3-2-4-12(5-11)8-18-9-13-6-14(17)16-15(7-13)19-10-20-16/h6-7,11-12,18H,2-5,8-10H2,1H3. The van der Waals surface area contributed by atoms with Crippen LogP contribution < -0.4 is 14.8 Å². The second kappa shape index (κ2) is 6.35. The Hall–Kier alpha value is -0.740. The summed E-state index contributed by atoms with van der Waals surface area (Å²) >= 11 is 3.54. The highest BCUT2D eigenvalue weighted by atomic mass is 79.9. The van der Waals surface area contributed by atoms with Crippen molar-refractivity contribution >= 4 is 15.9 Å². The third-order valence-electron chi connectivity index (χ3n) is 4.29. The molecule has 110 valence electrons. The van der Waals surface area contributed by atoms with E-state index >= 15 is 0 Å². The van der Waals surface area contributed by atoms with Crippen molar-refractivity contribution in [1.29, 1.82) is 0 Å². The first-order chi connectivity index (χ1) is 9.72. The minimum absolute atomic E-state index is 0.324. The highest BCUT2D eigenvalue weighted by Gasteiger charge is 2.19. The van der Waals surface area contributed by atoms with Gasteiger partial charge in [0, 0.05) is 6.54 Å². The molecule has 1 N–H and O–H groups in total. The first-order valence-electron chi connectivity index (χ1n) is 7.51. The summed E-state index contributed by atoms with van der Waals surface area (Å²) in [6.07, 6.45) is 5.55. The molecule has 1 aliphatic carbocycles. The average Bonchev–Trinajstić information content (AvgIpc) is 2.88. The van der Waals surface area contributed by atoms with Crippen molar-refractivity contribution in [2.45, 2.75) is 39.2 Å². The topological polar surface area (TPSA) is 30.5 Å². The van der Waals surface area contributed by atoms with Crippen LogP contribution in [0.4, 0.5) is 0 Å². The molecule has 4 heteroatoms. The van der Waals surface area contributed by atoms with Gasteiger partial charge in [-0.15, -0.1) is 0 Å². The summed E-state index contributed by atoms with van der Waals surface area (Å²) in [5, 5.41) is 3.59. The molecule has 1 fully saturated rings. The minimum atomic E-state index is 0.324. The molecule has 0 bridgehead atoms. The SMILES string of the molecule is CC1CCCC(CNCc2cc(Br)c3c(c2)OCO3)C1. The van der Waals surface area contributed by atoms with Crippen molar-refractivity contribution in [1.82, 2.24) is 5.32 Å². The number of rotatable bonds is 4. The van der Waals surface area contributed by atoms with Crippen LogP contribution >= 0.6 is 15.9 Å². The Bertz CT molecular complexity index is 478. The fraction of sp³-hybridized carbons (Fsp3) is 0.625. The number of hydrogen-bond donors (Lipinski definition) is 1. The normalized spacial score (nSPS) is 24.9. The Morgan fingerprint density at radius 2 is 2.20 bits per heavy atom. The van der Waals surface area contributed by atoms with Gasteiger partial charge in [-0.25, -0.2) is 0 Å². The lowest BCUT2D eigenvalue weighted by Gasteiger charge is -2.26. The maximum absolute atomic E-state index is 5.45. The van der Waals surface area contributed by atoms with E-state index in [4.69, 9.17) is 9.47 Å². The number of nitrogens with one attached hydrogen (secondary N) is 1. The van der Waals surface area contributed by atoms with Gasteiger partial charge < -0.3 is 14.8 Å². The van der Waals surface area contributed by atoms with E-state index in [1.165, 1.54) is 31.2 Å². The smallest absolute Gasteiger partial charge is 0.231 e. The molecule has 0 amide bonds.